The van der Waals surface area contributed by atoms with E-state index in [0.717, 1.165) is 36.9 Å². The van der Waals surface area contributed by atoms with Gasteiger partial charge in [-0.2, -0.15) is 0 Å². The fraction of sp³-hybridized carbons (Fsp3) is 0.467. The highest BCUT2D eigenvalue weighted by molar-refractivity contribution is 5.94. The highest BCUT2D eigenvalue weighted by Gasteiger charge is 2.25. The van der Waals surface area contributed by atoms with Crippen LogP contribution in [0.4, 0.5) is 5.69 Å². The lowest BCUT2D eigenvalue weighted by Gasteiger charge is -2.17. The molecule has 0 bridgehead atoms. The summed E-state index contributed by atoms with van der Waals surface area (Å²) in [5, 5.41) is 2.82. The van der Waals surface area contributed by atoms with Crippen LogP contribution in [0, 0.1) is 5.92 Å². The number of esters is 1. The minimum atomic E-state index is -0.114. The van der Waals surface area contributed by atoms with Gasteiger partial charge in [-0.05, 0) is 43.0 Å². The van der Waals surface area contributed by atoms with E-state index in [0.29, 0.717) is 18.6 Å². The molecule has 1 amide bonds. The third kappa shape index (κ3) is 2.62. The van der Waals surface area contributed by atoms with Gasteiger partial charge in [-0.15, -0.1) is 0 Å². The SMILES string of the molecule is O=C1CCc2cc(OC(=O)C3CCCC3)ccc2N1. The summed E-state index contributed by atoms with van der Waals surface area (Å²) in [4.78, 5) is 23.2. The number of rotatable bonds is 2. The van der Waals surface area contributed by atoms with Gasteiger partial charge >= 0.3 is 5.97 Å². The molecular weight excluding hydrogens is 242 g/mol. The largest absolute Gasteiger partial charge is 0.426 e. The second-order valence-electron chi connectivity index (χ2n) is 5.27. The third-order valence-corrected chi connectivity index (χ3v) is 3.88. The van der Waals surface area contributed by atoms with Gasteiger partial charge in [0.2, 0.25) is 5.91 Å². The number of carbonyl (C=O) groups is 2. The Morgan fingerprint density at radius 1 is 1.21 bits per heavy atom. The lowest BCUT2D eigenvalue weighted by Crippen LogP contribution is -2.20. The molecule has 2 aliphatic rings. The lowest BCUT2D eigenvalue weighted by molar-refractivity contribution is -0.138. The van der Waals surface area contributed by atoms with Gasteiger partial charge in [0.1, 0.15) is 5.75 Å². The molecule has 4 heteroatoms. The predicted molar refractivity (Wildman–Crippen MR) is 71.0 cm³/mol. The van der Waals surface area contributed by atoms with E-state index in [1.54, 1.807) is 6.07 Å². The van der Waals surface area contributed by atoms with Gasteiger partial charge in [0.15, 0.2) is 0 Å². The molecular formula is C15H17NO3. The van der Waals surface area contributed by atoms with Crippen LogP contribution in [0.15, 0.2) is 18.2 Å². The van der Waals surface area contributed by atoms with Crippen LogP contribution in [-0.2, 0) is 16.0 Å². The van der Waals surface area contributed by atoms with Crippen molar-refractivity contribution < 1.29 is 14.3 Å². The zero-order valence-electron chi connectivity index (χ0n) is 10.8. The number of benzene rings is 1. The quantitative estimate of drug-likeness (QED) is 0.656. The molecule has 1 heterocycles. The van der Waals surface area contributed by atoms with E-state index in [4.69, 9.17) is 4.74 Å². The second kappa shape index (κ2) is 5.03. The molecule has 1 aliphatic heterocycles. The summed E-state index contributed by atoms with van der Waals surface area (Å²) in [7, 11) is 0. The first-order valence-electron chi connectivity index (χ1n) is 6.87. The molecule has 1 fully saturated rings. The zero-order valence-corrected chi connectivity index (χ0v) is 10.8. The van der Waals surface area contributed by atoms with Crippen molar-refractivity contribution in [3.05, 3.63) is 23.8 Å². The van der Waals surface area contributed by atoms with Crippen LogP contribution in [0.2, 0.25) is 0 Å². The molecule has 1 aliphatic carbocycles. The van der Waals surface area contributed by atoms with Crippen LogP contribution in [-0.4, -0.2) is 11.9 Å². The fourth-order valence-corrected chi connectivity index (χ4v) is 2.78. The first-order valence-corrected chi connectivity index (χ1v) is 6.87. The molecule has 3 rings (SSSR count). The van der Waals surface area contributed by atoms with Gasteiger partial charge in [-0.3, -0.25) is 9.59 Å². The van der Waals surface area contributed by atoms with E-state index in [1.807, 2.05) is 12.1 Å². The number of amides is 1. The molecule has 19 heavy (non-hydrogen) atoms. The van der Waals surface area contributed by atoms with E-state index in [-0.39, 0.29) is 17.8 Å². The van der Waals surface area contributed by atoms with Crippen LogP contribution < -0.4 is 10.1 Å². The van der Waals surface area contributed by atoms with Crippen LogP contribution in [0.3, 0.4) is 0 Å². The second-order valence-corrected chi connectivity index (χ2v) is 5.27. The van der Waals surface area contributed by atoms with E-state index < -0.39 is 0 Å². The van der Waals surface area contributed by atoms with Gasteiger partial charge in [0.05, 0.1) is 5.92 Å². The molecule has 0 unspecified atom stereocenters. The normalized spacial score (nSPS) is 18.8. The number of fused-ring (bicyclic) bond motifs is 1. The van der Waals surface area contributed by atoms with Gasteiger partial charge < -0.3 is 10.1 Å². The Hall–Kier alpha value is -1.84. The Balaban J connectivity index is 1.71. The molecule has 1 aromatic carbocycles. The molecule has 100 valence electrons. The summed E-state index contributed by atoms with van der Waals surface area (Å²) in [5.41, 5.74) is 1.87. The number of hydrogen-bond acceptors (Lipinski definition) is 3. The Morgan fingerprint density at radius 3 is 2.79 bits per heavy atom. The van der Waals surface area contributed by atoms with Crippen LogP contribution in [0.25, 0.3) is 0 Å². The maximum absolute atomic E-state index is 11.9. The maximum atomic E-state index is 11.9. The van der Waals surface area contributed by atoms with Gasteiger partial charge in [-0.25, -0.2) is 0 Å². The van der Waals surface area contributed by atoms with Crippen LogP contribution in [0.1, 0.15) is 37.7 Å². The fourth-order valence-electron chi connectivity index (χ4n) is 2.78. The van der Waals surface area contributed by atoms with Crippen molar-refractivity contribution in [2.45, 2.75) is 38.5 Å². The van der Waals surface area contributed by atoms with Crippen LogP contribution >= 0.6 is 0 Å². The summed E-state index contributed by atoms with van der Waals surface area (Å²) in [5.74, 6) is 0.586. The summed E-state index contributed by atoms with van der Waals surface area (Å²) < 4.78 is 5.44. The van der Waals surface area contributed by atoms with Gasteiger partial charge in [0.25, 0.3) is 0 Å². The third-order valence-electron chi connectivity index (χ3n) is 3.88. The maximum Gasteiger partial charge on any atom is 0.314 e. The molecule has 0 saturated heterocycles. The molecule has 0 atom stereocenters. The number of carbonyl (C=O) groups excluding carboxylic acids is 2. The van der Waals surface area contributed by atoms with Crippen molar-refractivity contribution >= 4 is 17.6 Å². The average Bonchev–Trinajstić information content (AvgIpc) is 2.93. The number of ether oxygens (including phenoxy) is 1. The lowest BCUT2D eigenvalue weighted by atomic mass is 10.0. The topological polar surface area (TPSA) is 55.4 Å². The standard InChI is InChI=1S/C15H17NO3/c17-14-8-5-11-9-12(6-7-13(11)16-14)19-15(18)10-3-1-2-4-10/h6-7,9-10H,1-5,8H2,(H,16,17). The number of anilines is 1. The number of nitrogens with one attached hydrogen (secondary N) is 1. The van der Waals surface area contributed by atoms with E-state index >= 15 is 0 Å². The number of hydrogen-bond donors (Lipinski definition) is 1. The zero-order chi connectivity index (χ0) is 13.2. The van der Waals surface area contributed by atoms with Crippen molar-refractivity contribution in [2.24, 2.45) is 5.92 Å². The van der Waals surface area contributed by atoms with Crippen molar-refractivity contribution in [1.29, 1.82) is 0 Å². The monoisotopic (exact) mass is 259 g/mol. The Morgan fingerprint density at radius 2 is 2.00 bits per heavy atom. The highest BCUT2D eigenvalue weighted by atomic mass is 16.5. The minimum Gasteiger partial charge on any atom is -0.426 e. The Kier molecular flexibility index (Phi) is 3.23. The summed E-state index contributed by atoms with van der Waals surface area (Å²) in [6.45, 7) is 0. The van der Waals surface area contributed by atoms with Gasteiger partial charge in [0, 0.05) is 12.1 Å². The molecule has 1 N–H and O–H groups in total. The van der Waals surface area contributed by atoms with Gasteiger partial charge in [-0.1, -0.05) is 12.8 Å². The van der Waals surface area contributed by atoms with Crippen molar-refractivity contribution in [3.8, 4) is 5.75 Å². The average molecular weight is 259 g/mol. The number of aryl methyl sites for hydroxylation is 1. The summed E-state index contributed by atoms with van der Waals surface area (Å²) in [6, 6.07) is 5.42. The first-order chi connectivity index (χ1) is 9.22. The van der Waals surface area contributed by atoms with Crippen molar-refractivity contribution in [1.82, 2.24) is 0 Å². The summed E-state index contributed by atoms with van der Waals surface area (Å²) in [6.07, 6.45) is 5.33. The Bertz CT molecular complexity index is 518. The van der Waals surface area contributed by atoms with E-state index in [9.17, 15) is 9.59 Å². The van der Waals surface area contributed by atoms with E-state index in [1.165, 1.54) is 0 Å². The van der Waals surface area contributed by atoms with Crippen molar-refractivity contribution in [2.75, 3.05) is 5.32 Å². The highest BCUT2D eigenvalue weighted by Crippen LogP contribution is 2.29. The van der Waals surface area contributed by atoms with Crippen LogP contribution in [0.5, 0.6) is 5.75 Å². The molecule has 4 nitrogen and oxygen atoms in total. The minimum absolute atomic E-state index is 0.0446. The smallest absolute Gasteiger partial charge is 0.314 e. The molecule has 0 aromatic heterocycles. The molecule has 0 spiro atoms. The Labute approximate surface area is 112 Å². The summed E-state index contributed by atoms with van der Waals surface area (Å²) >= 11 is 0. The predicted octanol–water partition coefficient (Wildman–Crippen LogP) is 2.67. The van der Waals surface area contributed by atoms with E-state index in [2.05, 4.69) is 5.32 Å². The first kappa shape index (κ1) is 12.2. The molecule has 0 radical (unpaired) electrons. The molecule has 1 saturated carbocycles. The van der Waals surface area contributed by atoms with Crippen molar-refractivity contribution in [3.63, 3.8) is 0 Å². The molecule has 1 aromatic rings.